The highest BCUT2D eigenvalue weighted by Gasteiger charge is 2.42. The molecular weight excluding hydrogens is 191 g/mol. The van der Waals surface area contributed by atoms with Crippen LogP contribution >= 0.6 is 8.03 Å². The molecule has 1 rings (SSSR count). The summed E-state index contributed by atoms with van der Waals surface area (Å²) in [7, 11) is -1.78. The van der Waals surface area contributed by atoms with Crippen LogP contribution < -0.4 is 0 Å². The molecule has 0 aromatic heterocycles. The largest absolute Gasteiger partial charge is 0.517 e. The van der Waals surface area contributed by atoms with Crippen molar-refractivity contribution in [3.8, 4) is 0 Å². The van der Waals surface area contributed by atoms with Gasteiger partial charge in [0.25, 0.3) is 6.29 Å². The van der Waals surface area contributed by atoms with Crippen molar-refractivity contribution in [1.82, 2.24) is 0 Å². The van der Waals surface area contributed by atoms with Crippen molar-refractivity contribution in [1.29, 1.82) is 0 Å². The van der Waals surface area contributed by atoms with Crippen molar-refractivity contribution in [3.63, 3.8) is 0 Å². The van der Waals surface area contributed by atoms with Crippen LogP contribution in [-0.4, -0.2) is 17.4 Å². The van der Waals surface area contributed by atoms with Crippen LogP contribution in [0, 0.1) is 0 Å². The predicted octanol–water partition coefficient (Wildman–Crippen LogP) is 2.21. The van der Waals surface area contributed by atoms with Crippen LogP contribution in [0.5, 0.6) is 0 Å². The molecule has 1 saturated heterocycles. The van der Waals surface area contributed by atoms with Gasteiger partial charge in [-0.1, -0.05) is 0 Å². The number of carbonyl (C=O) groups excluding carboxylic acids is 1. The van der Waals surface area contributed by atoms with Crippen molar-refractivity contribution in [3.05, 3.63) is 0 Å². The fourth-order valence-corrected chi connectivity index (χ4v) is 1.52. The van der Waals surface area contributed by atoms with Crippen LogP contribution in [-0.2, 0) is 18.6 Å². The van der Waals surface area contributed by atoms with Crippen LogP contribution in [0.25, 0.3) is 0 Å². The molecule has 0 saturated carbocycles. The third-order valence-electron chi connectivity index (χ3n) is 1.61. The molecule has 0 aromatic carbocycles. The minimum atomic E-state index is -1.78. The third-order valence-corrected chi connectivity index (χ3v) is 3.13. The summed E-state index contributed by atoms with van der Waals surface area (Å²) in [5, 5.41) is -0.398. The van der Waals surface area contributed by atoms with E-state index in [0.717, 1.165) is 0 Å². The molecule has 0 spiro atoms. The highest BCUT2D eigenvalue weighted by atomic mass is 31.1. The zero-order chi connectivity index (χ0) is 10.1. The van der Waals surface area contributed by atoms with Gasteiger partial charge in [0.2, 0.25) is 0 Å². The second kappa shape index (κ2) is 3.72. The van der Waals surface area contributed by atoms with E-state index in [9.17, 15) is 9.36 Å². The van der Waals surface area contributed by atoms with Gasteiger partial charge in [-0.15, -0.1) is 4.52 Å². The minimum Gasteiger partial charge on any atom is -0.431 e. The molecule has 1 heterocycles. The summed E-state index contributed by atoms with van der Waals surface area (Å²) in [6.07, 6.45) is 0.267. The lowest BCUT2D eigenvalue weighted by Gasteiger charge is -2.06. The summed E-state index contributed by atoms with van der Waals surface area (Å²) in [5.74, 6) is -0.276. The summed E-state index contributed by atoms with van der Waals surface area (Å²) < 4.78 is 21.4. The van der Waals surface area contributed by atoms with Crippen LogP contribution in [0.1, 0.15) is 33.6 Å². The van der Waals surface area contributed by atoms with Gasteiger partial charge in [-0.25, -0.2) is 0 Å². The first-order valence-corrected chi connectivity index (χ1v) is 5.41. The number of cyclic esters (lactones) is 1. The van der Waals surface area contributed by atoms with Crippen LogP contribution in [0.4, 0.5) is 0 Å². The van der Waals surface area contributed by atoms with Crippen molar-refractivity contribution >= 4 is 14.0 Å². The Balaban J connectivity index is 2.42. The third kappa shape index (κ3) is 3.05. The Labute approximate surface area is 78.5 Å². The van der Waals surface area contributed by atoms with E-state index in [4.69, 9.17) is 9.26 Å². The minimum absolute atomic E-state index is 0.276. The van der Waals surface area contributed by atoms with Crippen LogP contribution in [0.2, 0.25) is 0 Å². The molecule has 1 fully saturated rings. The van der Waals surface area contributed by atoms with Gasteiger partial charge in [0, 0.05) is 6.42 Å². The number of rotatable bonds is 2. The van der Waals surface area contributed by atoms with Gasteiger partial charge in [0.1, 0.15) is 0 Å². The first-order chi connectivity index (χ1) is 5.89. The molecule has 2 unspecified atom stereocenters. The summed E-state index contributed by atoms with van der Waals surface area (Å²) in [4.78, 5) is 10.7. The Kier molecular flexibility index (Phi) is 3.04. The summed E-state index contributed by atoms with van der Waals surface area (Å²) >= 11 is 0. The number of esters is 1. The Hall–Kier alpha value is -0.470. The molecule has 1 aliphatic heterocycles. The summed E-state index contributed by atoms with van der Waals surface area (Å²) in [6.45, 7) is 5.47. The molecule has 0 aliphatic carbocycles. The molecule has 4 nitrogen and oxygen atoms in total. The lowest BCUT2D eigenvalue weighted by atomic mass is 10.3. The predicted molar refractivity (Wildman–Crippen MR) is 47.6 cm³/mol. The van der Waals surface area contributed by atoms with E-state index in [1.165, 1.54) is 0 Å². The standard InChI is InChI=1S/C8H14O4P/c1-8(2,3)13(10)12-7-5-4-6(9)11-7/h7H,4-5H2,1-3H3/q+1. The SMILES string of the molecule is CC(C)(C)[P+](=O)OC1CCC(=O)O1. The second-order valence-corrected chi connectivity index (χ2v) is 6.06. The van der Waals surface area contributed by atoms with Gasteiger partial charge in [0.15, 0.2) is 5.16 Å². The normalized spacial score (nSPS) is 24.4. The van der Waals surface area contributed by atoms with Gasteiger partial charge in [0.05, 0.1) is 6.42 Å². The fourth-order valence-electron chi connectivity index (χ4n) is 0.839. The summed E-state index contributed by atoms with van der Waals surface area (Å²) in [6, 6.07) is 0. The highest BCUT2D eigenvalue weighted by molar-refractivity contribution is 7.41. The average molecular weight is 205 g/mol. The molecule has 2 atom stereocenters. The first-order valence-electron chi connectivity index (χ1n) is 4.23. The topological polar surface area (TPSA) is 52.6 Å². The Morgan fingerprint density at radius 1 is 1.54 bits per heavy atom. The van der Waals surface area contributed by atoms with E-state index in [-0.39, 0.29) is 5.97 Å². The Morgan fingerprint density at radius 3 is 2.54 bits per heavy atom. The van der Waals surface area contributed by atoms with E-state index in [1.54, 1.807) is 0 Å². The zero-order valence-electron chi connectivity index (χ0n) is 8.07. The maximum absolute atomic E-state index is 11.5. The smallest absolute Gasteiger partial charge is 0.431 e. The van der Waals surface area contributed by atoms with Gasteiger partial charge in [-0.05, 0) is 25.3 Å². The lowest BCUT2D eigenvalue weighted by Crippen LogP contribution is -2.14. The van der Waals surface area contributed by atoms with Crippen molar-refractivity contribution in [2.24, 2.45) is 0 Å². The number of ether oxygens (including phenoxy) is 1. The van der Waals surface area contributed by atoms with Crippen molar-refractivity contribution in [2.75, 3.05) is 0 Å². The van der Waals surface area contributed by atoms with Gasteiger partial charge in [-0.3, -0.25) is 4.79 Å². The molecule has 74 valence electrons. The molecule has 0 radical (unpaired) electrons. The molecule has 13 heavy (non-hydrogen) atoms. The van der Waals surface area contributed by atoms with E-state index < -0.39 is 19.5 Å². The van der Waals surface area contributed by atoms with E-state index >= 15 is 0 Å². The maximum atomic E-state index is 11.5. The van der Waals surface area contributed by atoms with Crippen LogP contribution in [0.15, 0.2) is 0 Å². The monoisotopic (exact) mass is 205 g/mol. The number of hydrogen-bond donors (Lipinski definition) is 0. The molecule has 0 aromatic rings. The molecule has 1 aliphatic rings. The van der Waals surface area contributed by atoms with Crippen molar-refractivity contribution < 1.29 is 18.6 Å². The number of carbonyl (C=O) groups is 1. The van der Waals surface area contributed by atoms with E-state index in [0.29, 0.717) is 12.8 Å². The van der Waals surface area contributed by atoms with Gasteiger partial charge in [-0.2, -0.15) is 0 Å². The Morgan fingerprint density at radius 2 is 2.15 bits per heavy atom. The average Bonchev–Trinajstić information content (AvgIpc) is 2.33. The quantitative estimate of drug-likeness (QED) is 0.512. The van der Waals surface area contributed by atoms with Crippen LogP contribution in [0.3, 0.4) is 0 Å². The lowest BCUT2D eigenvalue weighted by molar-refractivity contribution is -0.150. The maximum Gasteiger partial charge on any atom is 0.517 e. The Bertz CT molecular complexity index is 231. The first kappa shape index (κ1) is 10.6. The fraction of sp³-hybridized carbons (Fsp3) is 0.875. The zero-order valence-corrected chi connectivity index (χ0v) is 8.97. The molecule has 5 heteroatoms. The molecule has 0 amide bonds. The molecular formula is C8H14O4P+. The van der Waals surface area contributed by atoms with E-state index in [2.05, 4.69) is 0 Å². The van der Waals surface area contributed by atoms with Crippen molar-refractivity contribution in [2.45, 2.75) is 45.1 Å². The van der Waals surface area contributed by atoms with E-state index in [1.807, 2.05) is 20.8 Å². The van der Waals surface area contributed by atoms with Gasteiger partial charge >= 0.3 is 14.0 Å². The molecule has 0 bridgehead atoms. The highest BCUT2D eigenvalue weighted by Crippen LogP contribution is 2.41. The van der Waals surface area contributed by atoms with Gasteiger partial charge < -0.3 is 4.74 Å². The number of hydrogen-bond acceptors (Lipinski definition) is 4. The molecule has 0 N–H and O–H groups in total. The second-order valence-electron chi connectivity index (χ2n) is 3.99. The summed E-state index contributed by atoms with van der Waals surface area (Å²) in [5.41, 5.74) is 0.